The normalized spacial score (nSPS) is 22.3. The Morgan fingerprint density at radius 2 is 1.72 bits per heavy atom. The molecule has 0 saturated carbocycles. The van der Waals surface area contributed by atoms with E-state index in [4.69, 9.17) is 23.2 Å². The number of allylic oxidation sites excluding steroid dienone is 2. The molecule has 132 valence electrons. The number of likely N-dealkylation sites (tertiary alicyclic amines) is 1. The average Bonchev–Trinajstić information content (AvgIpc) is 2.83. The lowest BCUT2D eigenvalue weighted by molar-refractivity contribution is -0.146. The number of rotatable bonds is 4. The van der Waals surface area contributed by atoms with Crippen LogP contribution in [0, 0.1) is 11.8 Å². The van der Waals surface area contributed by atoms with Crippen LogP contribution in [0.1, 0.15) is 18.4 Å². The molecule has 1 saturated heterocycles. The van der Waals surface area contributed by atoms with Crippen molar-refractivity contribution in [3.8, 4) is 0 Å². The molecule has 2 unspecified atom stereocenters. The smallest absolute Gasteiger partial charge is 0.242 e. The third kappa shape index (κ3) is 3.58. The molecule has 25 heavy (non-hydrogen) atoms. The van der Waals surface area contributed by atoms with Crippen LogP contribution in [0.15, 0.2) is 30.4 Å². The molecule has 3 amide bonds. The minimum Gasteiger partial charge on any atom is -0.340 e. The highest BCUT2D eigenvalue weighted by Crippen LogP contribution is 2.34. The third-order valence-corrected chi connectivity index (χ3v) is 5.46. The molecule has 0 bridgehead atoms. The Morgan fingerprint density at radius 1 is 1.12 bits per heavy atom. The summed E-state index contributed by atoms with van der Waals surface area (Å²) in [5, 5.41) is 0.866. The van der Waals surface area contributed by atoms with Gasteiger partial charge in [0.1, 0.15) is 6.54 Å². The van der Waals surface area contributed by atoms with E-state index in [0.717, 1.165) is 10.5 Å². The molecule has 0 spiro atoms. The lowest BCUT2D eigenvalue weighted by Crippen LogP contribution is -2.41. The van der Waals surface area contributed by atoms with E-state index in [0.29, 0.717) is 29.4 Å². The van der Waals surface area contributed by atoms with E-state index in [9.17, 15) is 14.4 Å². The largest absolute Gasteiger partial charge is 0.340 e. The van der Waals surface area contributed by atoms with Gasteiger partial charge >= 0.3 is 0 Å². The van der Waals surface area contributed by atoms with Crippen molar-refractivity contribution in [1.82, 2.24) is 9.80 Å². The fourth-order valence-electron chi connectivity index (χ4n) is 3.28. The summed E-state index contributed by atoms with van der Waals surface area (Å²) >= 11 is 11.9. The first kappa shape index (κ1) is 18.0. The molecule has 0 radical (unpaired) electrons. The molecule has 5 nitrogen and oxygen atoms in total. The summed E-state index contributed by atoms with van der Waals surface area (Å²) in [5.41, 5.74) is 0.821. The summed E-state index contributed by atoms with van der Waals surface area (Å²) in [4.78, 5) is 39.9. The summed E-state index contributed by atoms with van der Waals surface area (Å²) in [6.45, 7) is 0.100. The Balaban J connectivity index is 1.64. The van der Waals surface area contributed by atoms with Gasteiger partial charge in [-0.05, 0) is 30.5 Å². The summed E-state index contributed by atoms with van der Waals surface area (Å²) in [5.74, 6) is -1.40. The highest BCUT2D eigenvalue weighted by Gasteiger charge is 2.47. The average molecular weight is 381 g/mol. The van der Waals surface area contributed by atoms with Crippen LogP contribution in [0.25, 0.3) is 0 Å². The van der Waals surface area contributed by atoms with Crippen LogP contribution < -0.4 is 0 Å². The highest BCUT2D eigenvalue weighted by atomic mass is 35.5. The molecule has 7 heteroatoms. The number of carbonyl (C=O) groups excluding carboxylic acids is 3. The first-order valence-corrected chi connectivity index (χ1v) is 8.82. The number of nitrogens with zero attached hydrogens (tertiary/aromatic N) is 2. The van der Waals surface area contributed by atoms with E-state index < -0.39 is 0 Å². The molecule has 3 rings (SSSR count). The van der Waals surface area contributed by atoms with E-state index >= 15 is 0 Å². The quantitative estimate of drug-likeness (QED) is 0.595. The van der Waals surface area contributed by atoms with Crippen LogP contribution in [-0.2, 0) is 20.9 Å². The molecule has 2 aliphatic rings. The zero-order chi connectivity index (χ0) is 18.1. The zero-order valence-corrected chi connectivity index (χ0v) is 15.3. The molecule has 1 aromatic rings. The molecular formula is C18H18Cl2N2O3. The van der Waals surface area contributed by atoms with Crippen molar-refractivity contribution >= 4 is 40.9 Å². The summed E-state index contributed by atoms with van der Waals surface area (Å²) in [7, 11) is 1.63. The molecule has 2 atom stereocenters. The van der Waals surface area contributed by atoms with Crippen molar-refractivity contribution in [3.05, 3.63) is 46.0 Å². The highest BCUT2D eigenvalue weighted by molar-refractivity contribution is 6.42. The zero-order valence-electron chi connectivity index (χ0n) is 13.7. The Labute approximate surface area is 156 Å². The Hall–Kier alpha value is -1.85. The number of halogens is 2. The first-order valence-electron chi connectivity index (χ1n) is 8.06. The van der Waals surface area contributed by atoms with Gasteiger partial charge in [-0.3, -0.25) is 19.3 Å². The number of benzene rings is 1. The molecule has 0 aromatic heterocycles. The van der Waals surface area contributed by atoms with Crippen molar-refractivity contribution in [2.75, 3.05) is 13.6 Å². The van der Waals surface area contributed by atoms with Gasteiger partial charge in [0.2, 0.25) is 17.7 Å². The maximum Gasteiger partial charge on any atom is 0.242 e. The van der Waals surface area contributed by atoms with Crippen LogP contribution in [0.5, 0.6) is 0 Å². The fraction of sp³-hybridized carbons (Fsp3) is 0.389. The molecule has 1 heterocycles. The van der Waals surface area contributed by atoms with Crippen LogP contribution >= 0.6 is 23.2 Å². The van der Waals surface area contributed by atoms with Gasteiger partial charge in [0.15, 0.2) is 0 Å². The predicted octanol–water partition coefficient (Wildman–Crippen LogP) is 2.90. The van der Waals surface area contributed by atoms with Gasteiger partial charge in [0.25, 0.3) is 0 Å². The fourth-order valence-corrected chi connectivity index (χ4v) is 3.60. The van der Waals surface area contributed by atoms with E-state index in [1.54, 1.807) is 25.2 Å². The van der Waals surface area contributed by atoms with E-state index in [1.165, 1.54) is 4.90 Å². The number of hydrogen-bond acceptors (Lipinski definition) is 3. The molecular weight excluding hydrogens is 363 g/mol. The Bertz CT molecular complexity index is 737. The summed E-state index contributed by atoms with van der Waals surface area (Å²) < 4.78 is 0. The number of fused-ring (bicyclic) bond motifs is 1. The molecule has 0 N–H and O–H groups in total. The standard InChI is InChI=1S/C18H18Cl2N2O3/c1-21(9-11-6-7-14(19)15(20)8-11)16(23)10-22-17(24)12-4-2-3-5-13(12)18(22)25/h2-3,6-8,12-13H,4-5,9-10H2,1H3. The predicted molar refractivity (Wildman–Crippen MR) is 95.0 cm³/mol. The van der Waals surface area contributed by atoms with Gasteiger partial charge in [-0.2, -0.15) is 0 Å². The third-order valence-electron chi connectivity index (χ3n) is 4.72. The summed E-state index contributed by atoms with van der Waals surface area (Å²) in [6, 6.07) is 5.15. The van der Waals surface area contributed by atoms with Gasteiger partial charge in [-0.1, -0.05) is 41.4 Å². The monoisotopic (exact) mass is 380 g/mol. The Morgan fingerprint density at radius 3 is 2.28 bits per heavy atom. The Kier molecular flexibility index (Phi) is 5.16. The maximum absolute atomic E-state index is 12.5. The topological polar surface area (TPSA) is 57.7 Å². The van der Waals surface area contributed by atoms with Crippen molar-refractivity contribution in [1.29, 1.82) is 0 Å². The molecule has 1 fully saturated rings. The minimum atomic E-state index is -0.314. The lowest BCUT2D eigenvalue weighted by Gasteiger charge is -2.21. The lowest BCUT2D eigenvalue weighted by atomic mass is 9.85. The van der Waals surface area contributed by atoms with E-state index in [1.807, 2.05) is 12.2 Å². The van der Waals surface area contributed by atoms with Crippen LogP contribution in [0.2, 0.25) is 10.0 Å². The van der Waals surface area contributed by atoms with Gasteiger partial charge < -0.3 is 4.90 Å². The maximum atomic E-state index is 12.5. The van der Waals surface area contributed by atoms with Crippen molar-refractivity contribution in [3.63, 3.8) is 0 Å². The second-order valence-electron chi connectivity index (χ2n) is 6.42. The minimum absolute atomic E-state index is 0.220. The van der Waals surface area contributed by atoms with Crippen molar-refractivity contribution in [2.24, 2.45) is 11.8 Å². The number of likely N-dealkylation sites (N-methyl/N-ethyl adjacent to an activating group) is 1. The molecule has 1 aromatic carbocycles. The second kappa shape index (κ2) is 7.18. The van der Waals surface area contributed by atoms with Gasteiger partial charge in [-0.15, -0.1) is 0 Å². The van der Waals surface area contributed by atoms with Crippen molar-refractivity contribution < 1.29 is 14.4 Å². The van der Waals surface area contributed by atoms with Crippen LogP contribution in [0.4, 0.5) is 0 Å². The number of amides is 3. The van der Waals surface area contributed by atoms with Gasteiger partial charge in [-0.25, -0.2) is 0 Å². The second-order valence-corrected chi connectivity index (χ2v) is 7.23. The molecule has 1 aliphatic heterocycles. The van der Waals surface area contributed by atoms with Gasteiger partial charge in [0.05, 0.1) is 21.9 Å². The van der Waals surface area contributed by atoms with Crippen LogP contribution in [-0.4, -0.2) is 41.1 Å². The van der Waals surface area contributed by atoms with Crippen LogP contribution in [0.3, 0.4) is 0 Å². The number of hydrogen-bond donors (Lipinski definition) is 0. The van der Waals surface area contributed by atoms with Crippen molar-refractivity contribution in [2.45, 2.75) is 19.4 Å². The SMILES string of the molecule is CN(Cc1ccc(Cl)c(Cl)c1)C(=O)CN1C(=O)C2CC=CCC2C1=O. The first-order chi connectivity index (χ1) is 11.9. The van der Waals surface area contributed by atoms with E-state index in [2.05, 4.69) is 0 Å². The number of carbonyl (C=O) groups is 3. The molecule has 1 aliphatic carbocycles. The number of imide groups is 1. The summed E-state index contributed by atoms with van der Waals surface area (Å²) in [6.07, 6.45) is 4.99. The van der Waals surface area contributed by atoms with Gasteiger partial charge in [0, 0.05) is 13.6 Å². The van der Waals surface area contributed by atoms with E-state index in [-0.39, 0.29) is 36.1 Å².